The molecule has 1 aromatic carbocycles. The van der Waals surface area contributed by atoms with Gasteiger partial charge in [0.25, 0.3) is 0 Å². The van der Waals surface area contributed by atoms with Crippen LogP contribution >= 0.6 is 11.6 Å². The van der Waals surface area contributed by atoms with Crippen molar-refractivity contribution >= 4 is 11.6 Å². The Morgan fingerprint density at radius 2 is 2.06 bits per heavy atom. The van der Waals surface area contributed by atoms with Gasteiger partial charge in [-0.25, -0.2) is 0 Å². The van der Waals surface area contributed by atoms with Crippen LogP contribution in [0.3, 0.4) is 0 Å². The molecular formula is C13H16ClNO3. The summed E-state index contributed by atoms with van der Waals surface area (Å²) in [5.41, 5.74) is 6.74. The minimum Gasteiger partial charge on any atom is -0.489 e. The highest BCUT2D eigenvalue weighted by Crippen LogP contribution is 2.50. The predicted octanol–water partition coefficient (Wildman–Crippen LogP) is 1.88. The molecule has 0 saturated heterocycles. The normalized spacial score (nSPS) is 21.5. The van der Waals surface area contributed by atoms with Crippen molar-refractivity contribution < 1.29 is 14.6 Å². The van der Waals surface area contributed by atoms with Gasteiger partial charge in [-0.05, 0) is 30.5 Å². The minimum absolute atomic E-state index is 0.125. The Morgan fingerprint density at radius 3 is 2.72 bits per heavy atom. The summed E-state index contributed by atoms with van der Waals surface area (Å²) < 4.78 is 11.6. The van der Waals surface area contributed by atoms with Crippen LogP contribution in [0.15, 0.2) is 12.1 Å². The van der Waals surface area contributed by atoms with Crippen LogP contribution in [0.25, 0.3) is 0 Å². The molecule has 5 heteroatoms. The third-order valence-electron chi connectivity index (χ3n) is 3.67. The maximum atomic E-state index is 9.09. The van der Waals surface area contributed by atoms with Gasteiger partial charge in [0.1, 0.15) is 0 Å². The van der Waals surface area contributed by atoms with Crippen LogP contribution in [-0.2, 0) is 0 Å². The van der Waals surface area contributed by atoms with Gasteiger partial charge in [-0.15, -0.1) is 0 Å². The summed E-state index contributed by atoms with van der Waals surface area (Å²) in [7, 11) is 0. The number of ether oxygens (including phenoxy) is 2. The van der Waals surface area contributed by atoms with Gasteiger partial charge < -0.3 is 20.3 Å². The van der Waals surface area contributed by atoms with Crippen molar-refractivity contribution in [2.45, 2.75) is 18.9 Å². The molecule has 18 heavy (non-hydrogen) atoms. The number of aliphatic hydroxyl groups is 1. The Bertz CT molecular complexity index is 474. The van der Waals surface area contributed by atoms with Crippen LogP contribution in [0.1, 0.15) is 24.4 Å². The van der Waals surface area contributed by atoms with Gasteiger partial charge in [0, 0.05) is 5.41 Å². The molecule has 1 aliphatic carbocycles. The first-order chi connectivity index (χ1) is 8.63. The van der Waals surface area contributed by atoms with Crippen molar-refractivity contribution in [1.82, 2.24) is 0 Å². The van der Waals surface area contributed by atoms with Crippen molar-refractivity contribution in [3.05, 3.63) is 22.7 Å². The van der Waals surface area contributed by atoms with Crippen LogP contribution in [0.2, 0.25) is 5.02 Å². The number of fused-ring (bicyclic) bond motifs is 1. The Kier molecular flexibility index (Phi) is 2.88. The monoisotopic (exact) mass is 269 g/mol. The van der Waals surface area contributed by atoms with Gasteiger partial charge in [0.2, 0.25) is 0 Å². The second kappa shape index (κ2) is 4.30. The predicted molar refractivity (Wildman–Crippen MR) is 68.1 cm³/mol. The van der Waals surface area contributed by atoms with E-state index in [0.29, 0.717) is 29.7 Å². The number of nitrogens with two attached hydrogens (primary N) is 1. The lowest BCUT2D eigenvalue weighted by atomic mass is 10.1. The summed E-state index contributed by atoms with van der Waals surface area (Å²) in [6, 6.07) is 3.09. The molecule has 0 aromatic heterocycles. The van der Waals surface area contributed by atoms with E-state index in [1.807, 2.05) is 6.07 Å². The molecule has 0 radical (unpaired) electrons. The van der Waals surface area contributed by atoms with E-state index in [-0.39, 0.29) is 12.0 Å². The lowest BCUT2D eigenvalue weighted by Crippen LogP contribution is -2.17. The summed E-state index contributed by atoms with van der Waals surface area (Å²) >= 11 is 6.19. The van der Waals surface area contributed by atoms with Gasteiger partial charge in [0.15, 0.2) is 11.5 Å². The molecule has 3 N–H and O–H groups in total. The zero-order valence-electron chi connectivity index (χ0n) is 9.99. The van der Waals surface area contributed by atoms with E-state index in [9.17, 15) is 0 Å². The summed E-state index contributed by atoms with van der Waals surface area (Å²) in [5.74, 6) is 1.22. The van der Waals surface area contributed by atoms with E-state index in [4.69, 9.17) is 31.9 Å². The molecule has 1 aromatic rings. The van der Waals surface area contributed by atoms with Gasteiger partial charge in [-0.3, -0.25) is 0 Å². The molecule has 1 heterocycles. The van der Waals surface area contributed by atoms with Crippen molar-refractivity contribution in [3.8, 4) is 11.5 Å². The molecule has 1 fully saturated rings. The number of hydrogen-bond acceptors (Lipinski definition) is 4. The first kappa shape index (κ1) is 12.1. The quantitative estimate of drug-likeness (QED) is 0.860. The number of rotatable bonds is 2. The van der Waals surface area contributed by atoms with E-state index in [1.54, 1.807) is 6.07 Å². The minimum atomic E-state index is -0.450. The number of aliphatic hydroxyl groups excluding tert-OH is 1. The van der Waals surface area contributed by atoms with E-state index < -0.39 is 6.04 Å². The van der Waals surface area contributed by atoms with Crippen molar-refractivity contribution in [2.24, 2.45) is 11.1 Å². The lowest BCUT2D eigenvalue weighted by Gasteiger charge is -2.14. The van der Waals surface area contributed by atoms with Gasteiger partial charge >= 0.3 is 0 Å². The SMILES string of the molecule is NC(CO)c1cc(Cl)c2c(c1)OCC1(CC1)CO2. The van der Waals surface area contributed by atoms with Crippen LogP contribution in [0.4, 0.5) is 0 Å². The second-order valence-electron chi connectivity index (χ2n) is 5.20. The molecule has 1 aliphatic heterocycles. The summed E-state index contributed by atoms with van der Waals surface area (Å²) in [4.78, 5) is 0. The number of hydrogen-bond donors (Lipinski definition) is 2. The largest absolute Gasteiger partial charge is 0.489 e. The summed E-state index contributed by atoms with van der Waals surface area (Å²) in [6.45, 7) is 1.19. The Labute approximate surface area is 111 Å². The summed E-state index contributed by atoms with van der Waals surface area (Å²) in [5, 5.41) is 9.58. The van der Waals surface area contributed by atoms with Crippen LogP contribution in [0.5, 0.6) is 11.5 Å². The van der Waals surface area contributed by atoms with Crippen LogP contribution in [-0.4, -0.2) is 24.9 Å². The molecule has 0 amide bonds. The highest BCUT2D eigenvalue weighted by Gasteiger charge is 2.46. The van der Waals surface area contributed by atoms with Gasteiger partial charge in [-0.2, -0.15) is 0 Å². The van der Waals surface area contributed by atoms with Gasteiger partial charge in [-0.1, -0.05) is 11.6 Å². The molecule has 1 atom stereocenters. The number of benzene rings is 1. The molecule has 4 nitrogen and oxygen atoms in total. The smallest absolute Gasteiger partial charge is 0.179 e. The molecule has 0 bridgehead atoms. The third-order valence-corrected chi connectivity index (χ3v) is 3.95. The van der Waals surface area contributed by atoms with Crippen LogP contribution < -0.4 is 15.2 Å². The zero-order chi connectivity index (χ0) is 12.8. The third kappa shape index (κ3) is 2.05. The van der Waals surface area contributed by atoms with Crippen molar-refractivity contribution in [1.29, 1.82) is 0 Å². The lowest BCUT2D eigenvalue weighted by molar-refractivity contribution is 0.197. The fourth-order valence-electron chi connectivity index (χ4n) is 2.12. The van der Waals surface area contributed by atoms with E-state index in [1.165, 1.54) is 0 Å². The van der Waals surface area contributed by atoms with E-state index >= 15 is 0 Å². The maximum absolute atomic E-state index is 9.09. The molecule has 1 saturated carbocycles. The van der Waals surface area contributed by atoms with Crippen LogP contribution in [0, 0.1) is 5.41 Å². The average Bonchev–Trinajstić information content (AvgIpc) is 3.16. The number of halogens is 1. The Hall–Kier alpha value is -0.970. The Balaban J connectivity index is 1.94. The molecule has 1 unspecified atom stereocenters. The molecule has 1 spiro atoms. The molecule has 2 aliphatic rings. The average molecular weight is 270 g/mol. The fourth-order valence-corrected chi connectivity index (χ4v) is 2.39. The van der Waals surface area contributed by atoms with E-state index in [2.05, 4.69) is 0 Å². The highest BCUT2D eigenvalue weighted by atomic mass is 35.5. The van der Waals surface area contributed by atoms with Crippen molar-refractivity contribution in [3.63, 3.8) is 0 Å². The topological polar surface area (TPSA) is 64.7 Å². The molecule has 3 rings (SSSR count). The van der Waals surface area contributed by atoms with Crippen molar-refractivity contribution in [2.75, 3.05) is 19.8 Å². The molecular weight excluding hydrogens is 254 g/mol. The maximum Gasteiger partial charge on any atom is 0.179 e. The molecule has 98 valence electrons. The Morgan fingerprint density at radius 1 is 1.33 bits per heavy atom. The zero-order valence-corrected chi connectivity index (χ0v) is 10.7. The summed E-state index contributed by atoms with van der Waals surface area (Å²) in [6.07, 6.45) is 2.28. The first-order valence-electron chi connectivity index (χ1n) is 6.09. The first-order valence-corrected chi connectivity index (χ1v) is 6.47. The highest BCUT2D eigenvalue weighted by molar-refractivity contribution is 6.32. The van der Waals surface area contributed by atoms with Gasteiger partial charge in [0.05, 0.1) is 30.9 Å². The fraction of sp³-hybridized carbons (Fsp3) is 0.538. The van der Waals surface area contributed by atoms with E-state index in [0.717, 1.165) is 18.4 Å². The standard InChI is InChI=1S/C13H16ClNO3/c14-9-3-8(10(15)5-16)4-11-12(9)18-7-13(1-2-13)6-17-11/h3-4,10,16H,1-2,5-7,15H2. The second-order valence-corrected chi connectivity index (χ2v) is 5.60.